The van der Waals surface area contributed by atoms with E-state index in [1.807, 2.05) is 7.05 Å². The number of nitrogens with zero attached hydrogens (tertiary/aromatic N) is 2. The molecular formula is C7H7N2O2-. The highest BCUT2D eigenvalue weighted by Gasteiger charge is 1.88. The maximum Gasteiger partial charge on any atom is 0.0950 e. The molecule has 0 spiro atoms. The van der Waals surface area contributed by atoms with E-state index in [1.165, 1.54) is 6.08 Å². The van der Waals surface area contributed by atoms with Gasteiger partial charge in [0.15, 0.2) is 0 Å². The van der Waals surface area contributed by atoms with Crippen molar-refractivity contribution in [2.75, 3.05) is 0 Å². The average Bonchev–Trinajstić information content (AvgIpc) is 2.31. The number of carbonyl (C=O) groups is 1. The van der Waals surface area contributed by atoms with E-state index in [4.69, 9.17) is 0 Å². The van der Waals surface area contributed by atoms with Crippen LogP contribution in [0.4, 0.5) is 0 Å². The number of imidazole rings is 1. The molecule has 0 atom stereocenters. The van der Waals surface area contributed by atoms with Gasteiger partial charge in [0.1, 0.15) is 0 Å². The van der Waals surface area contributed by atoms with Crippen molar-refractivity contribution in [1.82, 2.24) is 9.55 Å². The summed E-state index contributed by atoms with van der Waals surface area (Å²) in [6.07, 6.45) is 5.63. The van der Waals surface area contributed by atoms with E-state index in [9.17, 15) is 9.90 Å². The molecule has 1 aromatic rings. The molecule has 11 heavy (non-hydrogen) atoms. The van der Waals surface area contributed by atoms with Gasteiger partial charge in [-0.05, 0) is 12.2 Å². The van der Waals surface area contributed by atoms with Gasteiger partial charge >= 0.3 is 0 Å². The molecule has 0 saturated heterocycles. The van der Waals surface area contributed by atoms with Gasteiger partial charge in [-0.1, -0.05) is 0 Å². The first kappa shape index (κ1) is 7.53. The van der Waals surface area contributed by atoms with Crippen molar-refractivity contribution in [1.29, 1.82) is 0 Å². The molecule has 0 aliphatic heterocycles. The van der Waals surface area contributed by atoms with Crippen molar-refractivity contribution in [3.05, 3.63) is 24.3 Å². The molecule has 58 valence electrons. The van der Waals surface area contributed by atoms with Gasteiger partial charge < -0.3 is 14.5 Å². The SMILES string of the molecule is Cn1cnc(/C=C/C(=O)[O-])c1. The van der Waals surface area contributed by atoms with Crippen LogP contribution in [0.3, 0.4) is 0 Å². The summed E-state index contributed by atoms with van der Waals surface area (Å²) >= 11 is 0. The zero-order valence-corrected chi connectivity index (χ0v) is 6.02. The van der Waals surface area contributed by atoms with Crippen molar-refractivity contribution in [3.63, 3.8) is 0 Å². The largest absolute Gasteiger partial charge is 0.545 e. The Labute approximate surface area is 63.8 Å². The molecule has 0 aromatic carbocycles. The first-order chi connectivity index (χ1) is 5.18. The second-order valence-electron chi connectivity index (χ2n) is 2.12. The number of rotatable bonds is 2. The summed E-state index contributed by atoms with van der Waals surface area (Å²) in [5, 5.41) is 9.95. The summed E-state index contributed by atoms with van der Waals surface area (Å²) in [5.41, 5.74) is 0.608. The van der Waals surface area contributed by atoms with Gasteiger partial charge in [0, 0.05) is 13.2 Å². The van der Waals surface area contributed by atoms with Gasteiger partial charge in [0.25, 0.3) is 0 Å². The molecule has 0 aliphatic carbocycles. The summed E-state index contributed by atoms with van der Waals surface area (Å²) in [7, 11) is 1.81. The third kappa shape index (κ3) is 2.25. The summed E-state index contributed by atoms with van der Waals surface area (Å²) in [6, 6.07) is 0. The Morgan fingerprint density at radius 3 is 3.00 bits per heavy atom. The van der Waals surface area contributed by atoms with Crippen LogP contribution in [0.15, 0.2) is 18.6 Å². The molecule has 0 radical (unpaired) electrons. The Morgan fingerprint density at radius 2 is 2.55 bits per heavy atom. The van der Waals surface area contributed by atoms with Crippen LogP contribution in [0.2, 0.25) is 0 Å². The lowest BCUT2D eigenvalue weighted by molar-refractivity contribution is -0.297. The topological polar surface area (TPSA) is 58.0 Å². The molecule has 4 nitrogen and oxygen atoms in total. The maximum absolute atomic E-state index is 9.95. The lowest BCUT2D eigenvalue weighted by atomic mass is 10.4. The number of carboxylic acid groups (broad SMARTS) is 1. The fourth-order valence-corrected chi connectivity index (χ4v) is 0.673. The van der Waals surface area contributed by atoms with E-state index in [0.717, 1.165) is 6.08 Å². The second-order valence-corrected chi connectivity index (χ2v) is 2.12. The fourth-order valence-electron chi connectivity index (χ4n) is 0.673. The van der Waals surface area contributed by atoms with Crippen molar-refractivity contribution in [2.45, 2.75) is 0 Å². The van der Waals surface area contributed by atoms with Gasteiger partial charge in [-0.3, -0.25) is 0 Å². The first-order valence-electron chi connectivity index (χ1n) is 3.05. The molecule has 0 unspecified atom stereocenters. The number of aryl methyl sites for hydroxylation is 1. The molecular weight excluding hydrogens is 144 g/mol. The maximum atomic E-state index is 9.95. The van der Waals surface area contributed by atoms with Crippen molar-refractivity contribution < 1.29 is 9.90 Å². The Hall–Kier alpha value is -1.58. The van der Waals surface area contributed by atoms with Crippen LogP contribution in [0.1, 0.15) is 5.69 Å². The smallest absolute Gasteiger partial charge is 0.0950 e. The highest BCUT2D eigenvalue weighted by atomic mass is 16.4. The van der Waals surface area contributed by atoms with Crippen LogP contribution in [-0.4, -0.2) is 15.5 Å². The number of aromatic nitrogens is 2. The lowest BCUT2D eigenvalue weighted by Crippen LogP contribution is -2.18. The summed E-state index contributed by atoms with van der Waals surface area (Å²) in [6.45, 7) is 0. The second kappa shape index (κ2) is 3.01. The Bertz CT molecular complexity index is 288. The van der Waals surface area contributed by atoms with E-state index >= 15 is 0 Å². The van der Waals surface area contributed by atoms with Crippen molar-refractivity contribution in [3.8, 4) is 0 Å². The summed E-state index contributed by atoms with van der Waals surface area (Å²) < 4.78 is 1.73. The summed E-state index contributed by atoms with van der Waals surface area (Å²) in [5.74, 6) is -1.21. The van der Waals surface area contributed by atoms with Crippen molar-refractivity contribution in [2.24, 2.45) is 7.05 Å². The van der Waals surface area contributed by atoms with E-state index in [0.29, 0.717) is 5.69 Å². The number of hydrogen-bond acceptors (Lipinski definition) is 3. The molecule has 1 rings (SSSR count). The molecule has 0 bridgehead atoms. The highest BCUT2D eigenvalue weighted by molar-refractivity contribution is 5.82. The monoisotopic (exact) mass is 151 g/mol. The fraction of sp³-hybridized carbons (Fsp3) is 0.143. The predicted molar refractivity (Wildman–Crippen MR) is 37.2 cm³/mol. The number of aliphatic carboxylic acids is 1. The van der Waals surface area contributed by atoms with Crippen LogP contribution < -0.4 is 5.11 Å². The van der Waals surface area contributed by atoms with Gasteiger partial charge in [0.2, 0.25) is 0 Å². The third-order valence-corrected chi connectivity index (χ3v) is 1.12. The molecule has 1 aromatic heterocycles. The number of hydrogen-bond donors (Lipinski definition) is 0. The molecule has 0 aliphatic rings. The Kier molecular flexibility index (Phi) is 2.06. The predicted octanol–water partition coefficient (Wildman–Crippen LogP) is -0.817. The molecule has 0 amide bonds. The molecule has 0 saturated carbocycles. The minimum atomic E-state index is -1.21. The van der Waals surface area contributed by atoms with Crippen LogP contribution >= 0.6 is 0 Å². The quantitative estimate of drug-likeness (QED) is 0.519. The van der Waals surface area contributed by atoms with Gasteiger partial charge in [-0.2, -0.15) is 0 Å². The minimum Gasteiger partial charge on any atom is -0.545 e. The average molecular weight is 151 g/mol. The Morgan fingerprint density at radius 1 is 1.82 bits per heavy atom. The normalized spacial score (nSPS) is 10.6. The van der Waals surface area contributed by atoms with Crippen LogP contribution in [0.25, 0.3) is 6.08 Å². The number of carboxylic acids is 1. The van der Waals surface area contributed by atoms with Gasteiger partial charge in [0.05, 0.1) is 18.0 Å². The molecule has 0 N–H and O–H groups in total. The summed E-state index contributed by atoms with van der Waals surface area (Å²) in [4.78, 5) is 13.8. The van der Waals surface area contributed by atoms with Crippen LogP contribution in [-0.2, 0) is 11.8 Å². The standard InChI is InChI=1S/C7H8N2O2/c1-9-4-6(8-5-9)2-3-7(10)11/h2-5H,1H3,(H,10,11)/p-1/b3-2+. The molecule has 4 heteroatoms. The zero-order chi connectivity index (χ0) is 8.27. The molecule has 1 heterocycles. The lowest BCUT2D eigenvalue weighted by Gasteiger charge is -1.87. The number of carbonyl (C=O) groups excluding carboxylic acids is 1. The van der Waals surface area contributed by atoms with Crippen LogP contribution in [0, 0.1) is 0 Å². The van der Waals surface area contributed by atoms with Gasteiger partial charge in [-0.25, -0.2) is 4.98 Å². The van der Waals surface area contributed by atoms with Crippen molar-refractivity contribution >= 4 is 12.0 Å². The third-order valence-electron chi connectivity index (χ3n) is 1.12. The van der Waals surface area contributed by atoms with E-state index < -0.39 is 5.97 Å². The van der Waals surface area contributed by atoms with Gasteiger partial charge in [-0.15, -0.1) is 0 Å². The highest BCUT2D eigenvalue weighted by Crippen LogP contribution is 1.95. The minimum absolute atomic E-state index is 0.608. The van der Waals surface area contributed by atoms with E-state index in [2.05, 4.69) is 4.98 Å². The Balaban J connectivity index is 2.71. The van der Waals surface area contributed by atoms with E-state index in [1.54, 1.807) is 17.1 Å². The zero-order valence-electron chi connectivity index (χ0n) is 6.02. The van der Waals surface area contributed by atoms with Crippen LogP contribution in [0.5, 0.6) is 0 Å². The molecule has 0 fully saturated rings. The first-order valence-corrected chi connectivity index (χ1v) is 3.05. The van der Waals surface area contributed by atoms with E-state index in [-0.39, 0.29) is 0 Å².